The van der Waals surface area contributed by atoms with E-state index in [1.807, 2.05) is 0 Å². The van der Waals surface area contributed by atoms with Crippen LogP contribution in [-0.2, 0) is 4.74 Å². The largest absolute Gasteiger partial charge is 0.495 e. The van der Waals surface area contributed by atoms with Gasteiger partial charge in [0.1, 0.15) is 5.75 Å². The van der Waals surface area contributed by atoms with Crippen LogP contribution in [0.25, 0.3) is 0 Å². The Morgan fingerprint density at radius 3 is 2.79 bits per heavy atom. The molecule has 1 saturated heterocycles. The van der Waals surface area contributed by atoms with E-state index in [4.69, 9.17) is 32.7 Å². The van der Waals surface area contributed by atoms with E-state index < -0.39 is 6.10 Å². The third-order valence-electron chi connectivity index (χ3n) is 3.66. The van der Waals surface area contributed by atoms with Gasteiger partial charge in [-0.2, -0.15) is 0 Å². The smallest absolute Gasteiger partial charge is 0.138 e. The topological polar surface area (TPSA) is 38.7 Å². The van der Waals surface area contributed by atoms with Crippen molar-refractivity contribution in [3.8, 4) is 5.75 Å². The van der Waals surface area contributed by atoms with Gasteiger partial charge in [0.25, 0.3) is 0 Å². The summed E-state index contributed by atoms with van der Waals surface area (Å²) < 4.78 is 10.7. The minimum atomic E-state index is -0.664. The van der Waals surface area contributed by atoms with Crippen LogP contribution in [0, 0.1) is 5.92 Å². The van der Waals surface area contributed by atoms with E-state index in [2.05, 4.69) is 6.92 Å². The van der Waals surface area contributed by atoms with Crippen LogP contribution < -0.4 is 4.74 Å². The van der Waals surface area contributed by atoms with Gasteiger partial charge in [-0.05, 0) is 18.9 Å². The molecule has 0 spiro atoms. The van der Waals surface area contributed by atoms with Gasteiger partial charge in [-0.25, -0.2) is 0 Å². The van der Waals surface area contributed by atoms with Crippen LogP contribution in [0.1, 0.15) is 31.4 Å². The molecule has 0 radical (unpaired) electrons. The van der Waals surface area contributed by atoms with Crippen molar-refractivity contribution in [1.82, 2.24) is 0 Å². The summed E-state index contributed by atoms with van der Waals surface area (Å²) in [6, 6.07) is 3.32. The zero-order valence-corrected chi connectivity index (χ0v) is 12.5. The average molecular weight is 305 g/mol. The van der Waals surface area contributed by atoms with Crippen molar-refractivity contribution in [2.24, 2.45) is 5.92 Å². The third-order valence-corrected chi connectivity index (χ3v) is 4.28. The zero-order chi connectivity index (χ0) is 14.0. The molecule has 3 nitrogen and oxygen atoms in total. The van der Waals surface area contributed by atoms with E-state index in [1.165, 1.54) is 7.11 Å². The van der Waals surface area contributed by atoms with Gasteiger partial charge >= 0.3 is 0 Å². The predicted molar refractivity (Wildman–Crippen MR) is 76.1 cm³/mol. The fourth-order valence-electron chi connectivity index (χ4n) is 2.60. The Bertz CT molecular complexity index is 451. The van der Waals surface area contributed by atoms with E-state index >= 15 is 0 Å². The fraction of sp³-hybridized carbons (Fsp3) is 0.571. The highest BCUT2D eigenvalue weighted by Gasteiger charge is 2.34. The molecule has 1 N–H and O–H groups in total. The van der Waals surface area contributed by atoms with Gasteiger partial charge in [-0.15, -0.1) is 0 Å². The summed E-state index contributed by atoms with van der Waals surface area (Å²) in [4.78, 5) is 0. The summed E-state index contributed by atoms with van der Waals surface area (Å²) in [6.45, 7) is 2.74. The van der Waals surface area contributed by atoms with Crippen molar-refractivity contribution in [1.29, 1.82) is 0 Å². The predicted octanol–water partition coefficient (Wildman–Crippen LogP) is 3.85. The molecule has 3 unspecified atom stereocenters. The zero-order valence-electron chi connectivity index (χ0n) is 11.0. The number of rotatable bonds is 4. The van der Waals surface area contributed by atoms with Gasteiger partial charge in [-0.3, -0.25) is 0 Å². The highest BCUT2D eigenvalue weighted by atomic mass is 35.5. The van der Waals surface area contributed by atoms with Gasteiger partial charge in [-0.1, -0.05) is 30.1 Å². The molecule has 0 saturated carbocycles. The molecule has 0 aromatic heterocycles. The summed E-state index contributed by atoms with van der Waals surface area (Å²) in [7, 11) is 1.53. The molecule has 3 atom stereocenters. The van der Waals surface area contributed by atoms with Gasteiger partial charge in [0.15, 0.2) is 0 Å². The second-order valence-corrected chi connectivity index (χ2v) is 5.54. The first-order valence-corrected chi connectivity index (χ1v) is 7.16. The molecule has 106 valence electrons. The number of aliphatic hydroxyl groups is 1. The van der Waals surface area contributed by atoms with Crippen molar-refractivity contribution in [2.45, 2.75) is 32.0 Å². The fourth-order valence-corrected chi connectivity index (χ4v) is 3.12. The number of halogens is 2. The molecule has 0 bridgehead atoms. The molecule has 0 aliphatic carbocycles. The number of hydrogen-bond acceptors (Lipinski definition) is 3. The van der Waals surface area contributed by atoms with E-state index in [0.717, 1.165) is 12.8 Å². The molecule has 1 aromatic rings. The maximum atomic E-state index is 10.5. The molecule has 1 aliphatic rings. The van der Waals surface area contributed by atoms with Crippen LogP contribution >= 0.6 is 23.2 Å². The molecule has 5 heteroatoms. The molecule has 1 fully saturated rings. The van der Waals surface area contributed by atoms with E-state index in [0.29, 0.717) is 28.0 Å². The van der Waals surface area contributed by atoms with Crippen molar-refractivity contribution < 1.29 is 14.6 Å². The average Bonchev–Trinajstić information content (AvgIpc) is 2.88. The number of ether oxygens (including phenoxy) is 2. The molecule has 2 rings (SSSR count). The second kappa shape index (κ2) is 6.31. The Morgan fingerprint density at radius 1 is 1.42 bits per heavy atom. The van der Waals surface area contributed by atoms with Crippen molar-refractivity contribution in [3.63, 3.8) is 0 Å². The minimum Gasteiger partial charge on any atom is -0.495 e. The maximum Gasteiger partial charge on any atom is 0.138 e. The van der Waals surface area contributed by atoms with E-state index in [9.17, 15) is 5.11 Å². The summed E-state index contributed by atoms with van der Waals surface area (Å²) in [5.74, 6) is 0.573. The molecule has 1 heterocycles. The molecule has 1 aromatic carbocycles. The lowest BCUT2D eigenvalue weighted by Crippen LogP contribution is -2.22. The Labute approximate surface area is 123 Å². The van der Waals surface area contributed by atoms with Gasteiger partial charge in [0.2, 0.25) is 0 Å². The Hall–Kier alpha value is -0.480. The van der Waals surface area contributed by atoms with E-state index in [1.54, 1.807) is 12.1 Å². The van der Waals surface area contributed by atoms with Crippen molar-refractivity contribution in [3.05, 3.63) is 27.7 Å². The maximum absolute atomic E-state index is 10.5. The Kier molecular flexibility index (Phi) is 4.96. The lowest BCUT2D eigenvalue weighted by atomic mass is 9.89. The van der Waals surface area contributed by atoms with Gasteiger partial charge < -0.3 is 14.6 Å². The minimum absolute atomic E-state index is 0.0620. The summed E-state index contributed by atoms with van der Waals surface area (Å²) >= 11 is 12.3. The standard InChI is InChI=1S/C14H18Cl2O3/c1-3-12-8(4-5-19-12)14(17)9-6-11(16)13(18-2)7-10(9)15/h6-8,12,14,17H,3-5H2,1-2H3. The summed E-state index contributed by atoms with van der Waals surface area (Å²) in [5, 5.41) is 11.4. The normalized spacial score (nSPS) is 24.5. The van der Waals surface area contributed by atoms with Crippen LogP contribution in [0.4, 0.5) is 0 Å². The van der Waals surface area contributed by atoms with E-state index in [-0.39, 0.29) is 12.0 Å². The highest BCUT2D eigenvalue weighted by molar-refractivity contribution is 6.34. The van der Waals surface area contributed by atoms with Gasteiger partial charge in [0.05, 0.1) is 29.4 Å². The summed E-state index contributed by atoms with van der Waals surface area (Å²) in [6.07, 6.45) is 1.12. The van der Waals surface area contributed by atoms with Crippen molar-refractivity contribution >= 4 is 23.2 Å². The first-order chi connectivity index (χ1) is 9.08. The molecule has 19 heavy (non-hydrogen) atoms. The van der Waals surface area contributed by atoms with Crippen LogP contribution in [0.15, 0.2) is 12.1 Å². The lowest BCUT2D eigenvalue weighted by Gasteiger charge is -2.24. The number of aliphatic hydroxyl groups excluding tert-OH is 1. The van der Waals surface area contributed by atoms with Crippen LogP contribution in [0.3, 0.4) is 0 Å². The molecular formula is C14H18Cl2O3. The molecular weight excluding hydrogens is 287 g/mol. The number of benzene rings is 1. The lowest BCUT2D eigenvalue weighted by molar-refractivity contribution is 0.0308. The van der Waals surface area contributed by atoms with Crippen LogP contribution in [-0.4, -0.2) is 24.9 Å². The number of methoxy groups -OCH3 is 1. The van der Waals surface area contributed by atoms with Crippen molar-refractivity contribution in [2.75, 3.05) is 13.7 Å². The first kappa shape index (κ1) is 14.9. The third kappa shape index (κ3) is 3.00. The SMILES string of the molecule is CCC1OCCC1C(O)c1cc(Cl)c(OC)cc1Cl. The highest BCUT2D eigenvalue weighted by Crippen LogP contribution is 2.40. The van der Waals surface area contributed by atoms with Crippen LogP contribution in [0.5, 0.6) is 5.75 Å². The first-order valence-electron chi connectivity index (χ1n) is 6.41. The Morgan fingerprint density at radius 2 is 2.16 bits per heavy atom. The monoisotopic (exact) mass is 304 g/mol. The second-order valence-electron chi connectivity index (χ2n) is 4.72. The van der Waals surface area contributed by atoms with Crippen LogP contribution in [0.2, 0.25) is 10.0 Å². The quantitative estimate of drug-likeness (QED) is 0.918. The molecule has 0 amide bonds. The number of hydrogen-bond donors (Lipinski definition) is 1. The Balaban J connectivity index is 2.28. The summed E-state index contributed by atoms with van der Waals surface area (Å²) in [5.41, 5.74) is 0.640. The van der Waals surface area contributed by atoms with Gasteiger partial charge in [0, 0.05) is 24.2 Å². The molecule has 1 aliphatic heterocycles.